The zero-order valence-corrected chi connectivity index (χ0v) is 21.0. The summed E-state index contributed by atoms with van der Waals surface area (Å²) in [5.74, 6) is 0.919. The van der Waals surface area contributed by atoms with E-state index in [1.165, 1.54) is 25.3 Å². The summed E-state index contributed by atoms with van der Waals surface area (Å²) < 4.78 is 19.4. The van der Waals surface area contributed by atoms with Crippen LogP contribution in [0.5, 0.6) is 0 Å². The largest absolute Gasteiger partial charge is 0.375 e. The van der Waals surface area contributed by atoms with Crippen molar-refractivity contribution < 1.29 is 13.9 Å². The highest BCUT2D eigenvalue weighted by molar-refractivity contribution is 5.77. The number of hydrogen-bond acceptors (Lipinski definition) is 4. The van der Waals surface area contributed by atoms with Crippen LogP contribution < -0.4 is 5.32 Å². The van der Waals surface area contributed by atoms with Gasteiger partial charge >= 0.3 is 0 Å². The summed E-state index contributed by atoms with van der Waals surface area (Å²) in [4.78, 5) is 19.2. The first-order valence-electron chi connectivity index (χ1n) is 12.9. The SMILES string of the molecule is C/C=N\c1c(F)cccc1CC1CC2CCCN(CC[C@H](NC(=O)COC)c3ccccc3)C2C1. The highest BCUT2D eigenvalue weighted by Gasteiger charge is 2.40. The van der Waals surface area contributed by atoms with Gasteiger partial charge in [-0.15, -0.1) is 0 Å². The lowest BCUT2D eigenvalue weighted by molar-refractivity contribution is -0.125. The van der Waals surface area contributed by atoms with Crippen LogP contribution in [0, 0.1) is 17.7 Å². The fourth-order valence-electron chi connectivity index (χ4n) is 6.12. The topological polar surface area (TPSA) is 53.9 Å². The molecule has 2 aromatic carbocycles. The smallest absolute Gasteiger partial charge is 0.246 e. The second-order valence-corrected chi connectivity index (χ2v) is 9.93. The van der Waals surface area contributed by atoms with E-state index in [2.05, 4.69) is 27.3 Å². The molecule has 2 fully saturated rings. The first-order chi connectivity index (χ1) is 17.1. The first kappa shape index (κ1) is 25.5. The van der Waals surface area contributed by atoms with Gasteiger partial charge in [0.05, 0.1) is 6.04 Å². The predicted molar refractivity (Wildman–Crippen MR) is 139 cm³/mol. The number of rotatable bonds is 10. The summed E-state index contributed by atoms with van der Waals surface area (Å²) in [5, 5.41) is 3.16. The van der Waals surface area contributed by atoms with Crippen LogP contribution in [0.1, 0.15) is 56.2 Å². The van der Waals surface area contributed by atoms with E-state index < -0.39 is 0 Å². The molecule has 1 saturated carbocycles. The summed E-state index contributed by atoms with van der Waals surface area (Å²) in [6.45, 7) is 3.96. The number of methoxy groups -OCH3 is 1. The number of benzene rings is 2. The third-order valence-electron chi connectivity index (χ3n) is 7.60. The van der Waals surface area contributed by atoms with Gasteiger partial charge in [0.1, 0.15) is 18.1 Å². The fourth-order valence-corrected chi connectivity index (χ4v) is 6.12. The quantitative estimate of drug-likeness (QED) is 0.460. The molecule has 35 heavy (non-hydrogen) atoms. The van der Waals surface area contributed by atoms with Gasteiger partial charge < -0.3 is 15.0 Å². The highest BCUT2D eigenvalue weighted by Crippen LogP contribution is 2.43. The standard InChI is InChI=1S/C29H38FN3O2/c1-3-31-29-24(11-7-13-25(29)30)18-21-17-23-12-8-15-33(27(23)19-21)16-14-26(32-28(34)20-35-2)22-9-5-4-6-10-22/h3-7,9-11,13,21,23,26-27H,8,12,14-20H2,1-2H3,(H,32,34)/b31-3-/t21?,23?,26-,27?/m0/s1. The summed E-state index contributed by atoms with van der Waals surface area (Å²) >= 11 is 0. The monoisotopic (exact) mass is 479 g/mol. The van der Waals surface area contributed by atoms with E-state index in [4.69, 9.17) is 4.74 Å². The Hall–Kier alpha value is -2.57. The van der Waals surface area contributed by atoms with Crippen LogP contribution in [0.25, 0.3) is 0 Å². The second-order valence-electron chi connectivity index (χ2n) is 9.93. The van der Waals surface area contributed by atoms with E-state index >= 15 is 0 Å². The minimum absolute atomic E-state index is 0.0295. The van der Waals surface area contributed by atoms with Crippen LogP contribution in [-0.2, 0) is 16.0 Å². The molecule has 5 nitrogen and oxygen atoms in total. The van der Waals surface area contributed by atoms with Gasteiger partial charge in [-0.3, -0.25) is 9.79 Å². The van der Waals surface area contributed by atoms with Crippen molar-refractivity contribution in [3.05, 3.63) is 65.5 Å². The number of fused-ring (bicyclic) bond motifs is 1. The first-order valence-corrected chi connectivity index (χ1v) is 12.9. The van der Waals surface area contributed by atoms with Crippen LogP contribution in [-0.4, -0.2) is 49.9 Å². The third-order valence-corrected chi connectivity index (χ3v) is 7.60. The number of para-hydroxylation sites is 1. The molecule has 2 aromatic rings. The molecule has 1 N–H and O–H groups in total. The maximum Gasteiger partial charge on any atom is 0.246 e. The molecule has 1 amide bonds. The molecule has 0 bridgehead atoms. The Morgan fingerprint density at radius 2 is 2.06 bits per heavy atom. The molecule has 4 atom stereocenters. The maximum absolute atomic E-state index is 14.4. The number of nitrogens with one attached hydrogen (secondary N) is 1. The van der Waals surface area contributed by atoms with Gasteiger partial charge in [-0.05, 0) is 81.0 Å². The van der Waals surface area contributed by atoms with E-state index in [1.807, 2.05) is 31.2 Å². The summed E-state index contributed by atoms with van der Waals surface area (Å²) in [6.07, 6.45) is 8.24. The molecule has 0 spiro atoms. The number of piperidine rings is 1. The van der Waals surface area contributed by atoms with Gasteiger partial charge in [-0.1, -0.05) is 42.5 Å². The minimum atomic E-state index is -0.236. The number of hydrogen-bond donors (Lipinski definition) is 1. The number of likely N-dealkylation sites (tertiary alicyclic amines) is 1. The Bertz CT molecular complexity index is 997. The van der Waals surface area contributed by atoms with E-state index in [9.17, 15) is 9.18 Å². The van der Waals surface area contributed by atoms with Crippen molar-refractivity contribution in [3.8, 4) is 0 Å². The van der Waals surface area contributed by atoms with Gasteiger partial charge in [-0.2, -0.15) is 0 Å². The summed E-state index contributed by atoms with van der Waals surface area (Å²) in [5.41, 5.74) is 2.65. The molecule has 4 rings (SSSR count). The number of carbonyl (C=O) groups is 1. The molecule has 6 heteroatoms. The van der Waals surface area contributed by atoms with Crippen LogP contribution >= 0.6 is 0 Å². The van der Waals surface area contributed by atoms with Crippen molar-refractivity contribution in [3.63, 3.8) is 0 Å². The maximum atomic E-state index is 14.4. The van der Waals surface area contributed by atoms with Gasteiger partial charge in [-0.25, -0.2) is 4.39 Å². The van der Waals surface area contributed by atoms with Gasteiger partial charge in [0, 0.05) is 25.9 Å². The lowest BCUT2D eigenvalue weighted by Gasteiger charge is -2.38. The summed E-state index contributed by atoms with van der Waals surface area (Å²) in [7, 11) is 1.54. The average molecular weight is 480 g/mol. The fraction of sp³-hybridized carbons (Fsp3) is 0.517. The molecule has 1 aliphatic heterocycles. The van der Waals surface area contributed by atoms with Crippen LogP contribution in [0.3, 0.4) is 0 Å². The molecule has 1 aliphatic carbocycles. The predicted octanol–water partition coefficient (Wildman–Crippen LogP) is 5.48. The van der Waals surface area contributed by atoms with Crippen molar-refractivity contribution in [2.45, 2.75) is 57.5 Å². The Kier molecular flexibility index (Phi) is 9.05. The number of carbonyl (C=O) groups excluding carboxylic acids is 1. The molecule has 2 aliphatic rings. The van der Waals surface area contributed by atoms with E-state index in [1.54, 1.807) is 19.4 Å². The Morgan fingerprint density at radius 3 is 2.83 bits per heavy atom. The second kappa shape index (κ2) is 12.4. The molecule has 188 valence electrons. The van der Waals surface area contributed by atoms with E-state index in [-0.39, 0.29) is 24.4 Å². The zero-order chi connectivity index (χ0) is 24.6. The van der Waals surface area contributed by atoms with Crippen LogP contribution in [0.2, 0.25) is 0 Å². The number of amides is 1. The van der Waals surface area contributed by atoms with Crippen molar-refractivity contribution in [1.82, 2.24) is 10.2 Å². The highest BCUT2D eigenvalue weighted by atomic mass is 19.1. The van der Waals surface area contributed by atoms with E-state index in [0.717, 1.165) is 43.5 Å². The number of ether oxygens (including phenoxy) is 1. The summed E-state index contributed by atoms with van der Waals surface area (Å²) in [6, 6.07) is 16.1. The average Bonchev–Trinajstić information content (AvgIpc) is 3.28. The molecule has 3 unspecified atom stereocenters. The molecular formula is C29H38FN3O2. The molecular weight excluding hydrogens is 441 g/mol. The minimum Gasteiger partial charge on any atom is -0.375 e. The lowest BCUT2D eigenvalue weighted by Crippen LogP contribution is -2.44. The molecule has 1 saturated heterocycles. The third kappa shape index (κ3) is 6.56. The van der Waals surface area contributed by atoms with Gasteiger partial charge in [0.15, 0.2) is 0 Å². The Morgan fingerprint density at radius 1 is 1.23 bits per heavy atom. The Labute approximate surface area is 208 Å². The number of aliphatic imine (C=N–C) groups is 1. The number of nitrogens with zero attached hydrogens (tertiary/aromatic N) is 2. The number of halogens is 1. The van der Waals surface area contributed by atoms with Gasteiger partial charge in [0.2, 0.25) is 5.91 Å². The normalized spacial score (nSPS) is 23.3. The van der Waals surface area contributed by atoms with Crippen LogP contribution in [0.15, 0.2) is 53.5 Å². The van der Waals surface area contributed by atoms with Crippen molar-refractivity contribution in [2.24, 2.45) is 16.8 Å². The lowest BCUT2D eigenvalue weighted by atomic mass is 9.91. The molecule has 0 aromatic heterocycles. The van der Waals surface area contributed by atoms with E-state index in [0.29, 0.717) is 23.6 Å². The van der Waals surface area contributed by atoms with Crippen molar-refractivity contribution in [1.29, 1.82) is 0 Å². The van der Waals surface area contributed by atoms with Gasteiger partial charge in [0.25, 0.3) is 0 Å². The Balaban J connectivity index is 1.41. The molecule has 0 radical (unpaired) electrons. The van der Waals surface area contributed by atoms with Crippen molar-refractivity contribution >= 4 is 17.8 Å². The molecule has 1 heterocycles. The van der Waals surface area contributed by atoms with Crippen LogP contribution in [0.4, 0.5) is 10.1 Å². The zero-order valence-electron chi connectivity index (χ0n) is 21.0. The van der Waals surface area contributed by atoms with Crippen molar-refractivity contribution in [2.75, 3.05) is 26.8 Å².